The Balaban J connectivity index is 1.84. The van der Waals surface area contributed by atoms with Crippen LogP contribution in [0.1, 0.15) is 38.4 Å². The molecule has 1 N–H and O–H groups in total. The van der Waals surface area contributed by atoms with Crippen molar-refractivity contribution in [1.82, 2.24) is 9.55 Å². The summed E-state index contributed by atoms with van der Waals surface area (Å²) in [5, 5.41) is 9.92. The SMILES string of the molecule is CCn1ccnc1CC(O)CC1CCC1. The summed E-state index contributed by atoms with van der Waals surface area (Å²) in [7, 11) is 0. The predicted molar refractivity (Wildman–Crippen MR) is 59.6 cm³/mol. The Morgan fingerprint density at radius 1 is 1.60 bits per heavy atom. The van der Waals surface area contributed by atoms with E-state index in [-0.39, 0.29) is 6.10 Å². The molecule has 0 radical (unpaired) electrons. The molecule has 2 rings (SSSR count). The van der Waals surface area contributed by atoms with Crippen molar-refractivity contribution >= 4 is 0 Å². The number of aromatic nitrogens is 2. The molecule has 15 heavy (non-hydrogen) atoms. The van der Waals surface area contributed by atoms with E-state index in [0.29, 0.717) is 6.42 Å². The fraction of sp³-hybridized carbons (Fsp3) is 0.750. The monoisotopic (exact) mass is 208 g/mol. The molecule has 0 bridgehead atoms. The molecule has 1 unspecified atom stereocenters. The van der Waals surface area contributed by atoms with E-state index >= 15 is 0 Å². The maximum Gasteiger partial charge on any atom is 0.111 e. The summed E-state index contributed by atoms with van der Waals surface area (Å²) in [4.78, 5) is 4.28. The molecule has 0 amide bonds. The van der Waals surface area contributed by atoms with Crippen molar-refractivity contribution < 1.29 is 5.11 Å². The fourth-order valence-electron chi connectivity index (χ4n) is 2.23. The van der Waals surface area contributed by atoms with Crippen LogP contribution in [0.2, 0.25) is 0 Å². The lowest BCUT2D eigenvalue weighted by molar-refractivity contribution is 0.115. The minimum atomic E-state index is -0.206. The van der Waals surface area contributed by atoms with Crippen LogP contribution in [0, 0.1) is 5.92 Å². The molecule has 3 heteroatoms. The molecule has 1 aromatic rings. The third kappa shape index (κ3) is 2.59. The number of imidazole rings is 1. The van der Waals surface area contributed by atoms with E-state index in [0.717, 1.165) is 24.7 Å². The minimum Gasteiger partial charge on any atom is -0.393 e. The van der Waals surface area contributed by atoms with Crippen molar-refractivity contribution in [3.63, 3.8) is 0 Å². The van der Waals surface area contributed by atoms with Gasteiger partial charge in [-0.05, 0) is 19.3 Å². The lowest BCUT2D eigenvalue weighted by atomic mass is 9.81. The second-order valence-corrected chi connectivity index (χ2v) is 4.52. The van der Waals surface area contributed by atoms with E-state index in [1.165, 1.54) is 19.3 Å². The van der Waals surface area contributed by atoms with Gasteiger partial charge in [0, 0.05) is 25.4 Å². The van der Waals surface area contributed by atoms with Crippen molar-refractivity contribution in [3.05, 3.63) is 18.2 Å². The molecule has 1 aliphatic carbocycles. The second-order valence-electron chi connectivity index (χ2n) is 4.52. The van der Waals surface area contributed by atoms with Gasteiger partial charge in [0.1, 0.15) is 5.82 Å². The zero-order chi connectivity index (χ0) is 10.7. The Bertz CT molecular complexity index is 304. The Kier molecular flexibility index (Phi) is 3.41. The van der Waals surface area contributed by atoms with Crippen molar-refractivity contribution in [2.24, 2.45) is 5.92 Å². The van der Waals surface area contributed by atoms with E-state index in [4.69, 9.17) is 0 Å². The highest BCUT2D eigenvalue weighted by atomic mass is 16.3. The van der Waals surface area contributed by atoms with Crippen LogP contribution in [0.3, 0.4) is 0 Å². The Labute approximate surface area is 91.1 Å². The Morgan fingerprint density at radius 2 is 2.40 bits per heavy atom. The molecule has 1 aromatic heterocycles. The average Bonchev–Trinajstić information content (AvgIpc) is 2.59. The van der Waals surface area contributed by atoms with Gasteiger partial charge in [0.25, 0.3) is 0 Å². The third-order valence-corrected chi connectivity index (χ3v) is 3.39. The number of hydrogen-bond donors (Lipinski definition) is 1. The van der Waals surface area contributed by atoms with Crippen LogP contribution < -0.4 is 0 Å². The summed E-state index contributed by atoms with van der Waals surface area (Å²) in [6, 6.07) is 0. The van der Waals surface area contributed by atoms with E-state index in [1.807, 2.05) is 12.4 Å². The predicted octanol–water partition coefficient (Wildman–Crippen LogP) is 2.00. The van der Waals surface area contributed by atoms with Crippen molar-refractivity contribution in [2.75, 3.05) is 0 Å². The second kappa shape index (κ2) is 4.79. The van der Waals surface area contributed by atoms with Crippen molar-refractivity contribution in [2.45, 2.75) is 51.7 Å². The van der Waals surface area contributed by atoms with Crippen LogP contribution in [-0.2, 0) is 13.0 Å². The van der Waals surface area contributed by atoms with Gasteiger partial charge in [0.05, 0.1) is 6.10 Å². The minimum absolute atomic E-state index is 0.206. The lowest BCUT2D eigenvalue weighted by Crippen LogP contribution is -2.22. The zero-order valence-corrected chi connectivity index (χ0v) is 9.39. The van der Waals surface area contributed by atoms with Gasteiger partial charge in [-0.2, -0.15) is 0 Å². The summed E-state index contributed by atoms with van der Waals surface area (Å²) >= 11 is 0. The van der Waals surface area contributed by atoms with Gasteiger partial charge in [-0.25, -0.2) is 4.98 Å². The Hall–Kier alpha value is -0.830. The van der Waals surface area contributed by atoms with Gasteiger partial charge in [-0.3, -0.25) is 0 Å². The van der Waals surface area contributed by atoms with Crippen LogP contribution in [0.15, 0.2) is 12.4 Å². The summed E-state index contributed by atoms with van der Waals surface area (Å²) in [6.07, 6.45) is 9.20. The standard InChI is InChI=1S/C12H20N2O/c1-2-14-7-6-13-12(14)9-11(15)8-10-4-3-5-10/h6-7,10-11,15H,2-5,8-9H2,1H3. The topological polar surface area (TPSA) is 38.0 Å². The first-order valence-electron chi connectivity index (χ1n) is 5.97. The van der Waals surface area contributed by atoms with Gasteiger partial charge < -0.3 is 9.67 Å². The fourth-order valence-corrected chi connectivity index (χ4v) is 2.23. The largest absolute Gasteiger partial charge is 0.393 e. The normalized spacial score (nSPS) is 18.8. The highest BCUT2D eigenvalue weighted by Crippen LogP contribution is 2.30. The highest BCUT2D eigenvalue weighted by molar-refractivity contribution is 4.94. The van der Waals surface area contributed by atoms with Gasteiger partial charge in [0.15, 0.2) is 0 Å². The first kappa shape index (κ1) is 10.7. The lowest BCUT2D eigenvalue weighted by Gasteiger charge is -2.27. The van der Waals surface area contributed by atoms with Gasteiger partial charge in [0.2, 0.25) is 0 Å². The molecule has 1 aliphatic rings. The molecule has 0 spiro atoms. The van der Waals surface area contributed by atoms with E-state index in [2.05, 4.69) is 16.5 Å². The summed E-state index contributed by atoms with van der Waals surface area (Å²) < 4.78 is 2.10. The number of hydrogen-bond acceptors (Lipinski definition) is 2. The van der Waals surface area contributed by atoms with Crippen LogP contribution in [0.4, 0.5) is 0 Å². The maximum absolute atomic E-state index is 9.92. The molecular weight excluding hydrogens is 188 g/mol. The molecule has 0 saturated heterocycles. The summed E-state index contributed by atoms with van der Waals surface area (Å²) in [6.45, 7) is 3.04. The van der Waals surface area contributed by atoms with Gasteiger partial charge in [-0.1, -0.05) is 19.3 Å². The molecule has 0 aliphatic heterocycles. The van der Waals surface area contributed by atoms with Gasteiger partial charge in [-0.15, -0.1) is 0 Å². The quantitative estimate of drug-likeness (QED) is 0.803. The van der Waals surface area contributed by atoms with Crippen LogP contribution >= 0.6 is 0 Å². The smallest absolute Gasteiger partial charge is 0.111 e. The number of nitrogens with zero attached hydrogens (tertiary/aromatic N) is 2. The summed E-state index contributed by atoms with van der Waals surface area (Å²) in [5.41, 5.74) is 0. The van der Waals surface area contributed by atoms with Crippen LogP contribution in [0.5, 0.6) is 0 Å². The summed E-state index contributed by atoms with van der Waals surface area (Å²) in [5.74, 6) is 1.79. The zero-order valence-electron chi connectivity index (χ0n) is 9.39. The number of aliphatic hydroxyl groups excluding tert-OH is 1. The van der Waals surface area contributed by atoms with Crippen LogP contribution in [0.25, 0.3) is 0 Å². The molecule has 1 atom stereocenters. The number of aryl methyl sites for hydroxylation is 1. The number of aliphatic hydroxyl groups is 1. The van der Waals surface area contributed by atoms with Crippen LogP contribution in [-0.4, -0.2) is 20.8 Å². The maximum atomic E-state index is 9.92. The van der Waals surface area contributed by atoms with E-state index in [9.17, 15) is 5.11 Å². The molecule has 0 aromatic carbocycles. The van der Waals surface area contributed by atoms with E-state index < -0.39 is 0 Å². The van der Waals surface area contributed by atoms with E-state index in [1.54, 1.807) is 0 Å². The molecule has 84 valence electrons. The molecular formula is C12H20N2O. The molecule has 3 nitrogen and oxygen atoms in total. The molecule has 1 heterocycles. The highest BCUT2D eigenvalue weighted by Gasteiger charge is 2.21. The first-order valence-corrected chi connectivity index (χ1v) is 5.97. The average molecular weight is 208 g/mol. The molecule has 1 fully saturated rings. The number of rotatable bonds is 5. The van der Waals surface area contributed by atoms with Crippen molar-refractivity contribution in [3.8, 4) is 0 Å². The van der Waals surface area contributed by atoms with Crippen molar-refractivity contribution in [1.29, 1.82) is 0 Å². The molecule has 1 saturated carbocycles. The Morgan fingerprint density at radius 3 is 3.00 bits per heavy atom. The first-order chi connectivity index (χ1) is 7.29. The van der Waals surface area contributed by atoms with Gasteiger partial charge >= 0.3 is 0 Å². The third-order valence-electron chi connectivity index (χ3n) is 3.39.